The molecule has 0 N–H and O–H groups in total. The van der Waals surface area contributed by atoms with Gasteiger partial charge in [0.25, 0.3) is 0 Å². The lowest BCUT2D eigenvalue weighted by atomic mass is 9.99. The number of piperidine rings is 1. The number of halogens is 2. The molecule has 1 fully saturated rings. The first-order chi connectivity index (χ1) is 11.0. The van der Waals surface area contributed by atoms with Crippen LogP contribution in [-0.4, -0.2) is 29.1 Å². The van der Waals surface area contributed by atoms with E-state index in [0.29, 0.717) is 11.6 Å². The molecule has 122 valence electrons. The fourth-order valence-corrected chi connectivity index (χ4v) is 2.74. The van der Waals surface area contributed by atoms with Crippen molar-refractivity contribution >= 4 is 5.91 Å². The van der Waals surface area contributed by atoms with Gasteiger partial charge in [-0.1, -0.05) is 12.1 Å². The van der Waals surface area contributed by atoms with Crippen LogP contribution in [0.3, 0.4) is 0 Å². The van der Waals surface area contributed by atoms with E-state index < -0.39 is 11.6 Å². The molecule has 1 aliphatic heterocycles. The molecule has 1 saturated heterocycles. The molecule has 0 saturated carbocycles. The second-order valence-corrected chi connectivity index (χ2v) is 6.05. The van der Waals surface area contributed by atoms with Gasteiger partial charge >= 0.3 is 0 Å². The maximum Gasteiger partial charge on any atom is 0.228 e. The summed E-state index contributed by atoms with van der Waals surface area (Å²) in [6.45, 7) is 3.71. The smallest absolute Gasteiger partial charge is 0.228 e. The van der Waals surface area contributed by atoms with Crippen molar-refractivity contribution in [1.29, 1.82) is 0 Å². The number of carbonyl (C=O) groups excluding carboxylic acids is 1. The summed E-state index contributed by atoms with van der Waals surface area (Å²) >= 11 is 0. The predicted molar refractivity (Wildman–Crippen MR) is 80.5 cm³/mol. The van der Waals surface area contributed by atoms with Crippen molar-refractivity contribution in [3.63, 3.8) is 0 Å². The summed E-state index contributed by atoms with van der Waals surface area (Å²) in [6, 6.07) is 4.77. The lowest BCUT2D eigenvalue weighted by Gasteiger charge is -2.30. The molecular weight excluding hydrogens is 302 g/mol. The van der Waals surface area contributed by atoms with Gasteiger partial charge in [0.2, 0.25) is 5.91 Å². The van der Waals surface area contributed by atoms with Gasteiger partial charge in [-0.3, -0.25) is 4.79 Å². The molecule has 3 rings (SSSR count). The molecule has 1 aromatic heterocycles. The Kier molecular flexibility index (Phi) is 4.41. The Balaban J connectivity index is 1.68. The maximum absolute atomic E-state index is 13.7. The molecule has 0 bridgehead atoms. The minimum absolute atomic E-state index is 0.00340. The number of amides is 1. The molecule has 1 aromatic carbocycles. The van der Waals surface area contributed by atoms with E-state index in [1.54, 1.807) is 0 Å². The van der Waals surface area contributed by atoms with Gasteiger partial charge in [0.05, 0.1) is 17.7 Å². The van der Waals surface area contributed by atoms with Crippen LogP contribution in [0.5, 0.6) is 0 Å². The standard InChI is InChI=1S/C17H18F2N2O2/c1-11-4-6-21(7-5-11)17(22)10-13-9-16(23-20-13)14-3-2-12(18)8-15(14)19/h2-3,8-9,11H,4-7,10H2,1H3. The van der Waals surface area contributed by atoms with Crippen molar-refractivity contribution in [2.75, 3.05) is 13.1 Å². The zero-order chi connectivity index (χ0) is 16.4. The van der Waals surface area contributed by atoms with Gasteiger partial charge in [0, 0.05) is 25.2 Å². The van der Waals surface area contributed by atoms with Gasteiger partial charge in [0.1, 0.15) is 11.6 Å². The highest BCUT2D eigenvalue weighted by Gasteiger charge is 2.22. The van der Waals surface area contributed by atoms with Gasteiger partial charge in [-0.25, -0.2) is 8.78 Å². The Hall–Kier alpha value is -2.24. The van der Waals surface area contributed by atoms with E-state index in [1.807, 2.05) is 4.90 Å². The molecule has 1 amide bonds. The minimum Gasteiger partial charge on any atom is -0.356 e. The van der Waals surface area contributed by atoms with E-state index >= 15 is 0 Å². The number of rotatable bonds is 3. The summed E-state index contributed by atoms with van der Waals surface area (Å²) in [5.74, 6) is -0.530. The number of likely N-dealkylation sites (tertiary alicyclic amines) is 1. The van der Waals surface area contributed by atoms with Crippen LogP contribution in [0, 0.1) is 17.6 Å². The zero-order valence-electron chi connectivity index (χ0n) is 12.9. The predicted octanol–water partition coefficient (Wildman–Crippen LogP) is 3.42. The van der Waals surface area contributed by atoms with E-state index in [-0.39, 0.29) is 23.7 Å². The topological polar surface area (TPSA) is 46.3 Å². The minimum atomic E-state index is -0.718. The van der Waals surface area contributed by atoms with Crippen LogP contribution in [-0.2, 0) is 11.2 Å². The van der Waals surface area contributed by atoms with Crippen LogP contribution in [0.15, 0.2) is 28.8 Å². The zero-order valence-corrected chi connectivity index (χ0v) is 12.9. The number of carbonyl (C=O) groups is 1. The molecule has 0 radical (unpaired) electrons. The third-order valence-corrected chi connectivity index (χ3v) is 4.22. The number of benzene rings is 1. The highest BCUT2D eigenvalue weighted by molar-refractivity contribution is 5.78. The second kappa shape index (κ2) is 6.48. The second-order valence-electron chi connectivity index (χ2n) is 6.05. The Morgan fingerprint density at radius 2 is 2.04 bits per heavy atom. The molecule has 0 spiro atoms. The molecule has 0 atom stereocenters. The van der Waals surface area contributed by atoms with Crippen molar-refractivity contribution in [1.82, 2.24) is 10.1 Å². The van der Waals surface area contributed by atoms with E-state index in [1.165, 1.54) is 12.1 Å². The van der Waals surface area contributed by atoms with Crippen molar-refractivity contribution in [2.45, 2.75) is 26.2 Å². The van der Waals surface area contributed by atoms with E-state index in [2.05, 4.69) is 12.1 Å². The average Bonchev–Trinajstić information content (AvgIpc) is 2.96. The Bertz CT molecular complexity index is 706. The van der Waals surface area contributed by atoms with Crippen molar-refractivity contribution in [3.05, 3.63) is 41.6 Å². The molecule has 23 heavy (non-hydrogen) atoms. The van der Waals surface area contributed by atoms with Crippen LogP contribution in [0.1, 0.15) is 25.5 Å². The van der Waals surface area contributed by atoms with Crippen LogP contribution in [0.4, 0.5) is 8.78 Å². The summed E-state index contributed by atoms with van der Waals surface area (Å²) in [5.41, 5.74) is 0.580. The SMILES string of the molecule is CC1CCN(C(=O)Cc2cc(-c3ccc(F)cc3F)on2)CC1. The normalized spacial score (nSPS) is 15.9. The summed E-state index contributed by atoms with van der Waals surface area (Å²) in [7, 11) is 0. The van der Waals surface area contributed by atoms with Crippen LogP contribution in [0.25, 0.3) is 11.3 Å². The number of hydrogen-bond donors (Lipinski definition) is 0. The Labute approximate surface area is 133 Å². The molecular formula is C17H18F2N2O2. The first-order valence-corrected chi connectivity index (χ1v) is 7.71. The van der Waals surface area contributed by atoms with Crippen molar-refractivity contribution in [2.24, 2.45) is 5.92 Å². The third-order valence-electron chi connectivity index (χ3n) is 4.22. The van der Waals surface area contributed by atoms with Gasteiger partial charge < -0.3 is 9.42 Å². The summed E-state index contributed by atoms with van der Waals surface area (Å²) in [6.07, 6.45) is 2.15. The number of nitrogens with zero attached hydrogens (tertiary/aromatic N) is 2. The quantitative estimate of drug-likeness (QED) is 0.870. The molecule has 0 aliphatic carbocycles. The van der Waals surface area contributed by atoms with Gasteiger partial charge in [0.15, 0.2) is 5.76 Å². The largest absolute Gasteiger partial charge is 0.356 e. The fraction of sp³-hybridized carbons (Fsp3) is 0.412. The number of hydrogen-bond acceptors (Lipinski definition) is 3. The summed E-state index contributed by atoms with van der Waals surface area (Å²) in [4.78, 5) is 14.1. The fourth-order valence-electron chi connectivity index (χ4n) is 2.74. The van der Waals surface area contributed by atoms with Crippen LogP contribution >= 0.6 is 0 Å². The van der Waals surface area contributed by atoms with Crippen molar-refractivity contribution in [3.8, 4) is 11.3 Å². The molecule has 4 nitrogen and oxygen atoms in total. The lowest BCUT2D eigenvalue weighted by Crippen LogP contribution is -2.38. The van der Waals surface area contributed by atoms with Gasteiger partial charge in [-0.15, -0.1) is 0 Å². The maximum atomic E-state index is 13.7. The van der Waals surface area contributed by atoms with Gasteiger partial charge in [-0.2, -0.15) is 0 Å². The molecule has 2 aromatic rings. The molecule has 1 aliphatic rings. The molecule has 0 unspecified atom stereocenters. The number of aromatic nitrogens is 1. The summed E-state index contributed by atoms with van der Waals surface area (Å²) in [5, 5.41) is 3.82. The lowest BCUT2D eigenvalue weighted by molar-refractivity contribution is -0.131. The van der Waals surface area contributed by atoms with E-state index in [0.717, 1.165) is 38.1 Å². The van der Waals surface area contributed by atoms with E-state index in [4.69, 9.17) is 4.52 Å². The summed E-state index contributed by atoms with van der Waals surface area (Å²) < 4.78 is 31.8. The van der Waals surface area contributed by atoms with Crippen LogP contribution < -0.4 is 0 Å². The Morgan fingerprint density at radius 3 is 2.74 bits per heavy atom. The Morgan fingerprint density at radius 1 is 1.30 bits per heavy atom. The first kappa shape index (κ1) is 15.6. The highest BCUT2D eigenvalue weighted by Crippen LogP contribution is 2.25. The monoisotopic (exact) mass is 320 g/mol. The highest BCUT2D eigenvalue weighted by atomic mass is 19.1. The van der Waals surface area contributed by atoms with E-state index in [9.17, 15) is 13.6 Å². The molecule has 2 heterocycles. The van der Waals surface area contributed by atoms with Crippen molar-refractivity contribution < 1.29 is 18.1 Å². The molecule has 6 heteroatoms. The first-order valence-electron chi connectivity index (χ1n) is 7.71. The third kappa shape index (κ3) is 3.57. The van der Waals surface area contributed by atoms with Crippen LogP contribution in [0.2, 0.25) is 0 Å². The van der Waals surface area contributed by atoms with Gasteiger partial charge in [-0.05, 0) is 30.9 Å². The average molecular weight is 320 g/mol.